The van der Waals surface area contributed by atoms with Gasteiger partial charge in [-0.3, -0.25) is 0 Å². The lowest BCUT2D eigenvalue weighted by molar-refractivity contribution is -0.137. The van der Waals surface area contributed by atoms with Gasteiger partial charge in [0.2, 0.25) is 0 Å². The third kappa shape index (κ3) is 3.57. The molecule has 3 nitrogen and oxygen atoms in total. The number of benzene rings is 2. The Morgan fingerprint density at radius 3 is 2.56 bits per heavy atom. The molecule has 2 aromatic carbocycles. The Labute approximate surface area is 155 Å². The maximum atomic E-state index is 13.0. The van der Waals surface area contributed by atoms with Crippen LogP contribution in [0, 0.1) is 6.92 Å². The van der Waals surface area contributed by atoms with Gasteiger partial charge in [-0.1, -0.05) is 18.2 Å². The van der Waals surface area contributed by atoms with Crippen LogP contribution in [-0.2, 0) is 10.9 Å². The van der Waals surface area contributed by atoms with E-state index in [1.165, 1.54) is 11.6 Å². The number of ether oxygens (including phenoxy) is 1. The van der Waals surface area contributed by atoms with E-state index in [0.717, 1.165) is 29.9 Å². The van der Waals surface area contributed by atoms with Crippen LogP contribution in [0.2, 0.25) is 0 Å². The summed E-state index contributed by atoms with van der Waals surface area (Å²) in [6, 6.07) is 15.4. The molecule has 1 aromatic heterocycles. The second-order valence-corrected chi connectivity index (χ2v) is 6.66. The monoisotopic (exact) mass is 372 g/mol. The Hall–Kier alpha value is -2.73. The SMILES string of the molecule is Cc1cccc(N2CCO[C@@H]2c2ccn(-c3cccc(C(F)(F)F)c3)c2)c1. The Morgan fingerprint density at radius 1 is 1.00 bits per heavy atom. The summed E-state index contributed by atoms with van der Waals surface area (Å²) in [5.74, 6) is 0. The minimum absolute atomic E-state index is 0.251. The molecule has 4 rings (SSSR count). The third-order valence-corrected chi connectivity index (χ3v) is 4.70. The van der Waals surface area contributed by atoms with Crippen LogP contribution in [0.1, 0.15) is 22.9 Å². The maximum Gasteiger partial charge on any atom is 0.416 e. The quantitative estimate of drug-likeness (QED) is 0.617. The number of hydrogen-bond acceptors (Lipinski definition) is 2. The van der Waals surface area contributed by atoms with Crippen molar-refractivity contribution in [3.8, 4) is 5.69 Å². The summed E-state index contributed by atoms with van der Waals surface area (Å²) >= 11 is 0. The number of hydrogen-bond donors (Lipinski definition) is 0. The van der Waals surface area contributed by atoms with Gasteiger partial charge in [-0.2, -0.15) is 13.2 Å². The van der Waals surface area contributed by atoms with E-state index >= 15 is 0 Å². The molecule has 0 bridgehead atoms. The second-order valence-electron chi connectivity index (χ2n) is 6.66. The van der Waals surface area contributed by atoms with E-state index in [4.69, 9.17) is 4.74 Å². The summed E-state index contributed by atoms with van der Waals surface area (Å²) in [7, 11) is 0. The van der Waals surface area contributed by atoms with E-state index in [0.29, 0.717) is 12.3 Å². The van der Waals surface area contributed by atoms with E-state index in [1.54, 1.807) is 16.8 Å². The van der Waals surface area contributed by atoms with Gasteiger partial charge in [0.1, 0.15) is 0 Å². The fourth-order valence-electron chi connectivity index (χ4n) is 3.38. The molecule has 0 radical (unpaired) electrons. The summed E-state index contributed by atoms with van der Waals surface area (Å²) in [6.07, 6.45) is -1.02. The van der Waals surface area contributed by atoms with Gasteiger partial charge in [0.15, 0.2) is 6.23 Å². The first-order valence-electron chi connectivity index (χ1n) is 8.72. The number of aryl methyl sites for hydroxylation is 1. The zero-order chi connectivity index (χ0) is 19.0. The molecule has 27 heavy (non-hydrogen) atoms. The minimum atomic E-state index is -4.36. The second kappa shape index (κ2) is 6.78. The molecule has 6 heteroatoms. The van der Waals surface area contributed by atoms with Gasteiger partial charge in [-0.25, -0.2) is 0 Å². The van der Waals surface area contributed by atoms with Crippen molar-refractivity contribution in [2.24, 2.45) is 0 Å². The average Bonchev–Trinajstić information content (AvgIpc) is 3.30. The third-order valence-electron chi connectivity index (χ3n) is 4.70. The van der Waals surface area contributed by atoms with Crippen molar-refractivity contribution < 1.29 is 17.9 Å². The maximum absolute atomic E-state index is 13.0. The summed E-state index contributed by atoms with van der Waals surface area (Å²) in [6.45, 7) is 3.41. The highest BCUT2D eigenvalue weighted by Gasteiger charge is 2.31. The molecule has 1 fully saturated rings. The molecular weight excluding hydrogens is 353 g/mol. The van der Waals surface area contributed by atoms with Crippen LogP contribution in [0.4, 0.5) is 18.9 Å². The highest BCUT2D eigenvalue weighted by atomic mass is 19.4. The molecule has 1 aliphatic heterocycles. The molecule has 0 saturated carbocycles. The van der Waals surface area contributed by atoms with Gasteiger partial charge < -0.3 is 14.2 Å². The molecule has 0 spiro atoms. The van der Waals surface area contributed by atoms with Crippen LogP contribution < -0.4 is 4.90 Å². The molecule has 2 heterocycles. The van der Waals surface area contributed by atoms with Crippen LogP contribution in [0.15, 0.2) is 67.0 Å². The summed E-state index contributed by atoms with van der Waals surface area (Å²) in [4.78, 5) is 2.17. The van der Waals surface area contributed by atoms with Crippen molar-refractivity contribution in [3.63, 3.8) is 0 Å². The lowest BCUT2D eigenvalue weighted by Gasteiger charge is -2.25. The Morgan fingerprint density at radius 2 is 1.78 bits per heavy atom. The van der Waals surface area contributed by atoms with Gasteiger partial charge in [-0.05, 0) is 48.9 Å². The van der Waals surface area contributed by atoms with E-state index in [9.17, 15) is 13.2 Å². The van der Waals surface area contributed by atoms with Crippen molar-refractivity contribution in [2.45, 2.75) is 19.3 Å². The van der Waals surface area contributed by atoms with E-state index in [-0.39, 0.29) is 6.23 Å². The number of rotatable bonds is 3. The van der Waals surface area contributed by atoms with Crippen LogP contribution in [0.5, 0.6) is 0 Å². The molecule has 1 atom stereocenters. The zero-order valence-electron chi connectivity index (χ0n) is 14.8. The van der Waals surface area contributed by atoms with Crippen molar-refractivity contribution in [2.75, 3.05) is 18.1 Å². The first kappa shape index (κ1) is 17.7. The number of aromatic nitrogens is 1. The van der Waals surface area contributed by atoms with Gasteiger partial charge in [0, 0.05) is 35.9 Å². The first-order chi connectivity index (χ1) is 12.9. The van der Waals surface area contributed by atoms with Crippen LogP contribution >= 0.6 is 0 Å². The summed E-state index contributed by atoms with van der Waals surface area (Å²) in [5, 5.41) is 0. The Kier molecular flexibility index (Phi) is 4.44. The predicted octanol–water partition coefficient (Wildman–Crippen LogP) is 5.34. The molecule has 3 aromatic rings. The van der Waals surface area contributed by atoms with Crippen LogP contribution in [0.3, 0.4) is 0 Å². The number of halogens is 3. The fourth-order valence-corrected chi connectivity index (χ4v) is 3.38. The Bertz CT molecular complexity index is 948. The average molecular weight is 372 g/mol. The topological polar surface area (TPSA) is 17.4 Å². The van der Waals surface area contributed by atoms with E-state index < -0.39 is 11.7 Å². The summed E-state index contributed by atoms with van der Waals surface area (Å²) < 4.78 is 46.5. The van der Waals surface area contributed by atoms with Crippen molar-refractivity contribution in [1.82, 2.24) is 4.57 Å². The van der Waals surface area contributed by atoms with Gasteiger partial charge in [-0.15, -0.1) is 0 Å². The van der Waals surface area contributed by atoms with Crippen LogP contribution in [-0.4, -0.2) is 17.7 Å². The van der Waals surface area contributed by atoms with Gasteiger partial charge in [0.05, 0.1) is 12.2 Å². The summed E-state index contributed by atoms with van der Waals surface area (Å²) in [5.41, 5.74) is 2.96. The lowest BCUT2D eigenvalue weighted by atomic mass is 10.2. The Balaban J connectivity index is 1.63. The molecule has 1 saturated heterocycles. The smallest absolute Gasteiger partial charge is 0.352 e. The molecule has 0 amide bonds. The van der Waals surface area contributed by atoms with Crippen molar-refractivity contribution >= 4 is 5.69 Å². The molecule has 1 aliphatic rings. The van der Waals surface area contributed by atoms with Crippen molar-refractivity contribution in [3.05, 3.63) is 83.7 Å². The number of anilines is 1. The predicted molar refractivity (Wildman–Crippen MR) is 98.0 cm³/mol. The number of alkyl halides is 3. The molecule has 140 valence electrons. The highest BCUT2D eigenvalue weighted by Crippen LogP contribution is 2.34. The fraction of sp³-hybridized carbons (Fsp3) is 0.238. The van der Waals surface area contributed by atoms with E-state index in [1.807, 2.05) is 37.4 Å². The lowest BCUT2D eigenvalue weighted by Crippen LogP contribution is -2.23. The van der Waals surface area contributed by atoms with E-state index in [2.05, 4.69) is 11.0 Å². The van der Waals surface area contributed by atoms with Crippen molar-refractivity contribution in [1.29, 1.82) is 0 Å². The zero-order valence-corrected chi connectivity index (χ0v) is 14.8. The first-order valence-corrected chi connectivity index (χ1v) is 8.72. The standard InChI is InChI=1S/C21H19F3N2O/c1-15-4-2-7-19(12-15)26-10-11-27-20(26)16-8-9-25(14-16)18-6-3-5-17(13-18)21(22,23)24/h2-9,12-14,20H,10-11H2,1H3/t20-/m1/s1. The molecule has 0 unspecified atom stereocenters. The molecular formula is C21H19F3N2O. The largest absolute Gasteiger partial charge is 0.416 e. The normalized spacial score (nSPS) is 17.5. The minimum Gasteiger partial charge on any atom is -0.352 e. The van der Waals surface area contributed by atoms with Crippen LogP contribution in [0.25, 0.3) is 5.69 Å². The molecule has 0 aliphatic carbocycles. The van der Waals surface area contributed by atoms with Gasteiger partial charge in [0.25, 0.3) is 0 Å². The highest BCUT2D eigenvalue weighted by molar-refractivity contribution is 5.51. The number of nitrogens with zero attached hydrogens (tertiary/aromatic N) is 2. The molecule has 0 N–H and O–H groups in total. The van der Waals surface area contributed by atoms with Gasteiger partial charge >= 0.3 is 6.18 Å².